The van der Waals surface area contributed by atoms with Gasteiger partial charge in [-0.1, -0.05) is 41.7 Å². The van der Waals surface area contributed by atoms with Crippen LogP contribution in [0.25, 0.3) is 0 Å². The molecule has 3 N–H and O–H groups in total. The maximum Gasteiger partial charge on any atom is 0.180 e. The molecule has 1 heterocycles. The van der Waals surface area contributed by atoms with Crippen molar-refractivity contribution in [2.75, 3.05) is 11.6 Å². The second-order valence-electron chi connectivity index (χ2n) is 3.73. The van der Waals surface area contributed by atoms with Crippen molar-refractivity contribution in [3.63, 3.8) is 0 Å². The standard InChI is InChI=1S/C12H13ClN2OS/c13-7-6-12(16,9-4-2-1-3-5-9)10-8-15-11(14)17-10/h1-5,8,16H,6-7H2,(H2,14,15). The third-order valence-electron chi connectivity index (χ3n) is 2.64. The smallest absolute Gasteiger partial charge is 0.180 e. The zero-order valence-corrected chi connectivity index (χ0v) is 10.7. The molecule has 0 fully saturated rings. The number of aromatic nitrogens is 1. The number of nitrogens with two attached hydrogens (primary N) is 1. The van der Waals surface area contributed by atoms with Crippen LogP contribution in [0.1, 0.15) is 16.9 Å². The highest BCUT2D eigenvalue weighted by atomic mass is 35.5. The van der Waals surface area contributed by atoms with Gasteiger partial charge in [-0.2, -0.15) is 0 Å². The fourth-order valence-corrected chi connectivity index (χ4v) is 2.84. The van der Waals surface area contributed by atoms with Crippen molar-refractivity contribution in [3.8, 4) is 0 Å². The molecule has 17 heavy (non-hydrogen) atoms. The number of halogens is 1. The number of hydrogen-bond acceptors (Lipinski definition) is 4. The second kappa shape index (κ2) is 5.04. The molecular formula is C12H13ClN2OS. The summed E-state index contributed by atoms with van der Waals surface area (Å²) in [4.78, 5) is 4.71. The van der Waals surface area contributed by atoms with Crippen LogP contribution in [0.4, 0.5) is 5.13 Å². The summed E-state index contributed by atoms with van der Waals surface area (Å²) >= 11 is 7.07. The Morgan fingerprint density at radius 1 is 1.35 bits per heavy atom. The van der Waals surface area contributed by atoms with Crippen molar-refractivity contribution >= 4 is 28.1 Å². The summed E-state index contributed by atoms with van der Waals surface area (Å²) in [6.07, 6.45) is 2.04. The first-order valence-electron chi connectivity index (χ1n) is 5.22. The molecule has 0 amide bonds. The lowest BCUT2D eigenvalue weighted by molar-refractivity contribution is 0.0811. The average Bonchev–Trinajstić information content (AvgIpc) is 2.78. The summed E-state index contributed by atoms with van der Waals surface area (Å²) in [6, 6.07) is 9.44. The van der Waals surface area contributed by atoms with Crippen molar-refractivity contribution in [2.45, 2.75) is 12.0 Å². The number of nitrogens with zero attached hydrogens (tertiary/aromatic N) is 1. The topological polar surface area (TPSA) is 59.1 Å². The molecule has 0 aliphatic rings. The van der Waals surface area contributed by atoms with Crippen molar-refractivity contribution in [1.29, 1.82) is 0 Å². The number of aliphatic hydroxyl groups is 1. The van der Waals surface area contributed by atoms with E-state index < -0.39 is 5.60 Å². The summed E-state index contributed by atoms with van der Waals surface area (Å²) in [5, 5.41) is 11.2. The molecule has 2 aromatic rings. The highest BCUT2D eigenvalue weighted by molar-refractivity contribution is 7.15. The highest BCUT2D eigenvalue weighted by Gasteiger charge is 2.32. The molecule has 5 heteroatoms. The Labute approximate surface area is 109 Å². The number of benzene rings is 1. The summed E-state index contributed by atoms with van der Waals surface area (Å²) in [5.74, 6) is 0.364. The minimum absolute atomic E-state index is 0.364. The molecule has 0 saturated heterocycles. The third-order valence-corrected chi connectivity index (χ3v) is 3.81. The Kier molecular flexibility index (Phi) is 3.66. The lowest BCUT2D eigenvalue weighted by atomic mass is 9.90. The first kappa shape index (κ1) is 12.4. The van der Waals surface area contributed by atoms with Crippen LogP contribution >= 0.6 is 22.9 Å². The van der Waals surface area contributed by atoms with E-state index in [1.54, 1.807) is 6.20 Å². The van der Waals surface area contributed by atoms with Gasteiger partial charge in [-0.05, 0) is 12.0 Å². The molecular weight excluding hydrogens is 256 g/mol. The van der Waals surface area contributed by atoms with Gasteiger partial charge < -0.3 is 10.8 Å². The van der Waals surface area contributed by atoms with E-state index in [-0.39, 0.29) is 0 Å². The Morgan fingerprint density at radius 2 is 2.06 bits per heavy atom. The Hall–Kier alpha value is -1.10. The van der Waals surface area contributed by atoms with Gasteiger partial charge in [0, 0.05) is 12.1 Å². The number of nitrogen functional groups attached to an aromatic ring is 1. The summed E-state index contributed by atoms with van der Waals surface area (Å²) in [6.45, 7) is 0. The van der Waals surface area contributed by atoms with Gasteiger partial charge in [-0.3, -0.25) is 0 Å². The monoisotopic (exact) mass is 268 g/mol. The van der Waals surface area contributed by atoms with E-state index in [1.165, 1.54) is 11.3 Å². The van der Waals surface area contributed by atoms with Crippen LogP contribution in [0.2, 0.25) is 0 Å². The first-order valence-corrected chi connectivity index (χ1v) is 6.57. The molecule has 1 unspecified atom stereocenters. The molecule has 3 nitrogen and oxygen atoms in total. The number of anilines is 1. The predicted molar refractivity (Wildman–Crippen MR) is 71.3 cm³/mol. The van der Waals surface area contributed by atoms with E-state index >= 15 is 0 Å². The maximum atomic E-state index is 10.8. The van der Waals surface area contributed by atoms with Crippen molar-refractivity contribution in [2.24, 2.45) is 0 Å². The second-order valence-corrected chi connectivity index (χ2v) is 5.17. The maximum absolute atomic E-state index is 10.8. The molecule has 90 valence electrons. The van der Waals surface area contributed by atoms with Crippen LogP contribution in [-0.4, -0.2) is 16.0 Å². The molecule has 0 bridgehead atoms. The lowest BCUT2D eigenvalue weighted by Crippen LogP contribution is -2.26. The van der Waals surface area contributed by atoms with E-state index in [1.807, 2.05) is 30.3 Å². The largest absolute Gasteiger partial charge is 0.379 e. The number of rotatable bonds is 4. The van der Waals surface area contributed by atoms with E-state index in [0.717, 1.165) is 10.4 Å². The van der Waals surface area contributed by atoms with Crippen molar-refractivity contribution in [1.82, 2.24) is 4.98 Å². The fourth-order valence-electron chi connectivity index (χ4n) is 1.74. The van der Waals surface area contributed by atoms with E-state index in [0.29, 0.717) is 17.4 Å². The van der Waals surface area contributed by atoms with E-state index in [9.17, 15) is 5.11 Å². The predicted octanol–water partition coefficient (Wildman–Crippen LogP) is 2.59. The summed E-state index contributed by atoms with van der Waals surface area (Å²) in [7, 11) is 0. The van der Waals surface area contributed by atoms with Gasteiger partial charge in [0.05, 0.1) is 4.88 Å². The Bertz CT molecular complexity index is 488. The summed E-state index contributed by atoms with van der Waals surface area (Å²) in [5.41, 5.74) is 5.32. The van der Waals surface area contributed by atoms with Gasteiger partial charge in [0.1, 0.15) is 5.60 Å². The molecule has 0 saturated carbocycles. The van der Waals surface area contributed by atoms with Crippen molar-refractivity contribution < 1.29 is 5.11 Å². The minimum atomic E-state index is -1.10. The average molecular weight is 269 g/mol. The van der Waals surface area contributed by atoms with Gasteiger partial charge in [0.25, 0.3) is 0 Å². The molecule has 0 aliphatic carbocycles. The molecule has 0 aliphatic heterocycles. The Balaban J connectivity index is 2.46. The van der Waals surface area contributed by atoms with E-state index in [2.05, 4.69) is 4.98 Å². The molecule has 0 spiro atoms. The summed E-state index contributed by atoms with van der Waals surface area (Å²) < 4.78 is 0. The minimum Gasteiger partial charge on any atom is -0.379 e. The third kappa shape index (κ3) is 2.44. The quantitative estimate of drug-likeness (QED) is 0.838. The number of alkyl halides is 1. The molecule has 1 aromatic carbocycles. The first-order chi connectivity index (χ1) is 8.16. The molecule has 2 rings (SSSR count). The zero-order valence-electron chi connectivity index (χ0n) is 9.14. The van der Waals surface area contributed by atoms with Gasteiger partial charge in [-0.15, -0.1) is 11.6 Å². The van der Waals surface area contributed by atoms with Gasteiger partial charge in [-0.25, -0.2) is 4.98 Å². The van der Waals surface area contributed by atoms with Crippen LogP contribution in [0.5, 0.6) is 0 Å². The molecule has 1 aromatic heterocycles. The normalized spacial score (nSPS) is 14.5. The van der Waals surface area contributed by atoms with E-state index in [4.69, 9.17) is 17.3 Å². The van der Waals surface area contributed by atoms with Gasteiger partial charge in [0.2, 0.25) is 0 Å². The van der Waals surface area contributed by atoms with Gasteiger partial charge >= 0.3 is 0 Å². The van der Waals surface area contributed by atoms with Crippen LogP contribution < -0.4 is 5.73 Å². The Morgan fingerprint density at radius 3 is 2.59 bits per heavy atom. The highest BCUT2D eigenvalue weighted by Crippen LogP contribution is 2.37. The molecule has 1 atom stereocenters. The number of hydrogen-bond donors (Lipinski definition) is 2. The SMILES string of the molecule is Nc1ncc(C(O)(CCCl)c2ccccc2)s1. The zero-order chi connectivity index (χ0) is 12.3. The fraction of sp³-hybridized carbons (Fsp3) is 0.250. The molecule has 0 radical (unpaired) electrons. The van der Waals surface area contributed by atoms with Crippen LogP contribution in [0.3, 0.4) is 0 Å². The van der Waals surface area contributed by atoms with Crippen LogP contribution in [0.15, 0.2) is 36.5 Å². The van der Waals surface area contributed by atoms with Crippen LogP contribution in [0, 0.1) is 0 Å². The van der Waals surface area contributed by atoms with Gasteiger partial charge in [0.15, 0.2) is 5.13 Å². The number of thiazole rings is 1. The lowest BCUT2D eigenvalue weighted by Gasteiger charge is -2.26. The van der Waals surface area contributed by atoms with Crippen LogP contribution in [-0.2, 0) is 5.60 Å². The van der Waals surface area contributed by atoms with Crippen molar-refractivity contribution in [3.05, 3.63) is 47.0 Å².